The smallest absolute Gasteiger partial charge is 0.326 e. The Morgan fingerprint density at radius 1 is 1.25 bits per heavy atom. The number of carboxylic acids is 1. The first kappa shape index (κ1) is 18.0. The van der Waals surface area contributed by atoms with E-state index in [0.717, 1.165) is 36.7 Å². The molecule has 0 bridgehead atoms. The fraction of sp³-hybridized carbons (Fsp3) is 0.500. The predicted octanol–water partition coefficient (Wildman–Crippen LogP) is 3.07. The van der Waals surface area contributed by atoms with E-state index in [4.69, 9.17) is 0 Å². The van der Waals surface area contributed by atoms with Crippen LogP contribution in [0.4, 0.5) is 0 Å². The molecule has 0 fully saturated rings. The maximum Gasteiger partial charge on any atom is 0.326 e. The molecule has 0 saturated carbocycles. The molecule has 0 aliphatic carbocycles. The van der Waals surface area contributed by atoms with E-state index in [1.165, 1.54) is 0 Å². The summed E-state index contributed by atoms with van der Waals surface area (Å²) in [4.78, 5) is 23.9. The molecule has 0 aliphatic rings. The third kappa shape index (κ3) is 3.93. The van der Waals surface area contributed by atoms with Crippen LogP contribution >= 0.6 is 0 Å². The van der Waals surface area contributed by atoms with Crippen molar-refractivity contribution in [1.82, 2.24) is 15.1 Å². The Kier molecular flexibility index (Phi) is 5.95. The van der Waals surface area contributed by atoms with Crippen molar-refractivity contribution in [2.24, 2.45) is 5.92 Å². The van der Waals surface area contributed by atoms with Gasteiger partial charge in [-0.2, -0.15) is 5.10 Å². The zero-order valence-electron chi connectivity index (χ0n) is 14.5. The monoisotopic (exact) mass is 331 g/mol. The van der Waals surface area contributed by atoms with E-state index in [0.29, 0.717) is 0 Å². The Hall–Kier alpha value is -2.37. The molecule has 0 aliphatic heterocycles. The summed E-state index contributed by atoms with van der Waals surface area (Å²) in [7, 11) is 0. The summed E-state index contributed by atoms with van der Waals surface area (Å²) >= 11 is 0. The van der Waals surface area contributed by atoms with Crippen LogP contribution in [0, 0.1) is 5.92 Å². The molecule has 1 aromatic heterocycles. The molecule has 0 saturated heterocycles. The second-order valence-electron chi connectivity index (χ2n) is 6.33. The van der Waals surface area contributed by atoms with E-state index in [1.807, 2.05) is 28.9 Å². The standard InChI is InChI=1S/C18H25N3O3/c1-4-5-8-11-21-14-10-7-6-9-13(14)16(20-21)17(22)19-15(12(2)3)18(23)24/h6-7,9-10,12,15H,4-5,8,11H2,1-3H3,(H,19,22)(H,23,24). The molecule has 2 aromatic rings. The zero-order valence-corrected chi connectivity index (χ0v) is 14.5. The van der Waals surface area contributed by atoms with E-state index < -0.39 is 17.9 Å². The van der Waals surface area contributed by atoms with E-state index in [2.05, 4.69) is 17.3 Å². The summed E-state index contributed by atoms with van der Waals surface area (Å²) in [5.74, 6) is -1.68. The Morgan fingerprint density at radius 3 is 2.58 bits per heavy atom. The van der Waals surface area contributed by atoms with E-state index in [1.54, 1.807) is 13.8 Å². The SMILES string of the molecule is CCCCCn1nc(C(=O)NC(C(=O)O)C(C)C)c2ccccc21. The Balaban J connectivity index is 2.30. The van der Waals surface area contributed by atoms with Crippen LogP contribution in [0.25, 0.3) is 10.9 Å². The number of amides is 1. The van der Waals surface area contributed by atoms with Crippen molar-refractivity contribution in [3.05, 3.63) is 30.0 Å². The average molecular weight is 331 g/mol. The first-order valence-electron chi connectivity index (χ1n) is 8.45. The van der Waals surface area contributed by atoms with Crippen LogP contribution in [0.2, 0.25) is 0 Å². The van der Waals surface area contributed by atoms with Gasteiger partial charge in [-0.25, -0.2) is 4.79 Å². The van der Waals surface area contributed by atoms with Gasteiger partial charge in [-0.15, -0.1) is 0 Å². The molecule has 24 heavy (non-hydrogen) atoms. The molecule has 2 rings (SSSR count). The third-order valence-corrected chi connectivity index (χ3v) is 4.07. The highest BCUT2D eigenvalue weighted by molar-refractivity contribution is 6.05. The van der Waals surface area contributed by atoms with Gasteiger partial charge in [0, 0.05) is 11.9 Å². The molecular formula is C18H25N3O3. The number of rotatable bonds is 8. The van der Waals surface area contributed by atoms with Crippen molar-refractivity contribution in [2.45, 2.75) is 52.6 Å². The van der Waals surface area contributed by atoms with Crippen molar-refractivity contribution in [1.29, 1.82) is 0 Å². The fourth-order valence-electron chi connectivity index (χ4n) is 2.70. The van der Waals surface area contributed by atoms with E-state index in [9.17, 15) is 14.7 Å². The van der Waals surface area contributed by atoms with Gasteiger partial charge in [-0.1, -0.05) is 51.8 Å². The maximum absolute atomic E-state index is 12.6. The highest BCUT2D eigenvalue weighted by Gasteiger charge is 2.26. The lowest BCUT2D eigenvalue weighted by atomic mass is 10.0. The van der Waals surface area contributed by atoms with Gasteiger partial charge in [0.25, 0.3) is 5.91 Å². The number of benzene rings is 1. The lowest BCUT2D eigenvalue weighted by Crippen LogP contribution is -2.44. The van der Waals surface area contributed by atoms with Crippen LogP contribution in [-0.4, -0.2) is 32.8 Å². The number of carboxylic acid groups (broad SMARTS) is 1. The average Bonchev–Trinajstić information content (AvgIpc) is 2.91. The first-order chi connectivity index (χ1) is 11.5. The van der Waals surface area contributed by atoms with Gasteiger partial charge in [0.1, 0.15) is 6.04 Å². The van der Waals surface area contributed by atoms with E-state index >= 15 is 0 Å². The van der Waals surface area contributed by atoms with Crippen LogP contribution in [0.5, 0.6) is 0 Å². The van der Waals surface area contributed by atoms with Crippen molar-refractivity contribution in [3.63, 3.8) is 0 Å². The number of hydrogen-bond donors (Lipinski definition) is 2. The number of nitrogens with one attached hydrogen (secondary N) is 1. The van der Waals surface area contributed by atoms with Crippen molar-refractivity contribution in [3.8, 4) is 0 Å². The number of hydrogen-bond acceptors (Lipinski definition) is 3. The van der Waals surface area contributed by atoms with Crippen LogP contribution < -0.4 is 5.32 Å². The number of carbonyl (C=O) groups is 2. The Bertz CT molecular complexity index is 721. The highest BCUT2D eigenvalue weighted by Crippen LogP contribution is 2.19. The van der Waals surface area contributed by atoms with Gasteiger partial charge in [0.05, 0.1) is 5.52 Å². The predicted molar refractivity (Wildman–Crippen MR) is 93.0 cm³/mol. The molecule has 6 nitrogen and oxygen atoms in total. The van der Waals surface area contributed by atoms with Crippen molar-refractivity contribution < 1.29 is 14.7 Å². The number of nitrogens with zero attached hydrogens (tertiary/aromatic N) is 2. The summed E-state index contributed by atoms with van der Waals surface area (Å²) in [6, 6.07) is 6.62. The molecule has 130 valence electrons. The highest BCUT2D eigenvalue weighted by atomic mass is 16.4. The number of carbonyl (C=O) groups excluding carboxylic acids is 1. The largest absolute Gasteiger partial charge is 0.480 e. The number of aryl methyl sites for hydroxylation is 1. The maximum atomic E-state index is 12.6. The quantitative estimate of drug-likeness (QED) is 0.728. The minimum Gasteiger partial charge on any atom is -0.480 e. The molecular weight excluding hydrogens is 306 g/mol. The van der Waals surface area contributed by atoms with Crippen LogP contribution in [0.3, 0.4) is 0 Å². The molecule has 1 atom stereocenters. The molecule has 2 N–H and O–H groups in total. The van der Waals surface area contributed by atoms with Gasteiger partial charge in [0.15, 0.2) is 5.69 Å². The first-order valence-corrected chi connectivity index (χ1v) is 8.45. The topological polar surface area (TPSA) is 84.2 Å². The lowest BCUT2D eigenvalue weighted by Gasteiger charge is -2.17. The third-order valence-electron chi connectivity index (χ3n) is 4.07. The molecule has 1 unspecified atom stereocenters. The summed E-state index contributed by atoms with van der Waals surface area (Å²) < 4.78 is 1.84. The van der Waals surface area contributed by atoms with Gasteiger partial charge in [-0.05, 0) is 18.4 Å². The van der Waals surface area contributed by atoms with E-state index in [-0.39, 0.29) is 11.6 Å². The van der Waals surface area contributed by atoms with Gasteiger partial charge in [-0.3, -0.25) is 9.48 Å². The van der Waals surface area contributed by atoms with Gasteiger partial charge in [0.2, 0.25) is 0 Å². The molecule has 1 amide bonds. The normalized spacial score (nSPS) is 12.5. The lowest BCUT2D eigenvalue weighted by molar-refractivity contribution is -0.140. The fourth-order valence-corrected chi connectivity index (χ4v) is 2.70. The van der Waals surface area contributed by atoms with Crippen LogP contribution in [-0.2, 0) is 11.3 Å². The number of unbranched alkanes of at least 4 members (excludes halogenated alkanes) is 2. The molecule has 0 radical (unpaired) electrons. The van der Waals surface area contributed by atoms with Crippen molar-refractivity contribution in [2.75, 3.05) is 0 Å². The summed E-state index contributed by atoms with van der Waals surface area (Å²) in [5.41, 5.74) is 1.18. The van der Waals surface area contributed by atoms with Gasteiger partial charge >= 0.3 is 5.97 Å². The summed E-state index contributed by atoms with van der Waals surface area (Å²) in [6.45, 7) is 6.41. The second kappa shape index (κ2) is 7.95. The minimum atomic E-state index is -1.04. The summed E-state index contributed by atoms with van der Waals surface area (Å²) in [6.07, 6.45) is 3.21. The number of aromatic nitrogens is 2. The number of para-hydroxylation sites is 1. The van der Waals surface area contributed by atoms with Crippen LogP contribution in [0.1, 0.15) is 50.5 Å². The molecule has 1 heterocycles. The minimum absolute atomic E-state index is 0.204. The van der Waals surface area contributed by atoms with Crippen molar-refractivity contribution >= 4 is 22.8 Å². The molecule has 6 heteroatoms. The van der Waals surface area contributed by atoms with Gasteiger partial charge < -0.3 is 10.4 Å². The number of aliphatic carboxylic acids is 1. The molecule has 1 aromatic carbocycles. The summed E-state index contributed by atoms with van der Waals surface area (Å²) in [5, 5.41) is 17.0. The number of fused-ring (bicyclic) bond motifs is 1. The Morgan fingerprint density at radius 2 is 1.96 bits per heavy atom. The van der Waals surface area contributed by atoms with Crippen LogP contribution in [0.15, 0.2) is 24.3 Å². The zero-order chi connectivity index (χ0) is 17.7. The molecule has 0 spiro atoms. The second-order valence-corrected chi connectivity index (χ2v) is 6.33. The Labute approximate surface area is 141 Å².